The molecule has 2 N–H and O–H groups in total. The molecule has 1 aromatic heterocycles. The lowest BCUT2D eigenvalue weighted by atomic mass is 10.2. The van der Waals surface area contributed by atoms with E-state index in [-0.39, 0.29) is 0 Å². The van der Waals surface area contributed by atoms with Crippen molar-refractivity contribution in [2.45, 2.75) is 26.3 Å². The molecule has 0 aliphatic rings. The van der Waals surface area contributed by atoms with Crippen molar-refractivity contribution < 1.29 is 4.74 Å². The minimum absolute atomic E-state index is 0.462. The first-order chi connectivity index (χ1) is 7.27. The quantitative estimate of drug-likeness (QED) is 0.573. The van der Waals surface area contributed by atoms with E-state index in [4.69, 9.17) is 10.5 Å². The van der Waals surface area contributed by atoms with Crippen LogP contribution in [-0.2, 0) is 6.54 Å². The Morgan fingerprint density at radius 2 is 2.40 bits per heavy atom. The standard InChI is InChI=1S/C12H18N2O/c1-3-4-5-6-15-12-7-10(2)14-9-11(12)8-13/h3,7,9H,1,4-6,8,13H2,2H3. The van der Waals surface area contributed by atoms with Crippen LogP contribution < -0.4 is 10.5 Å². The Hall–Kier alpha value is -1.35. The number of nitrogens with two attached hydrogens (primary N) is 1. The minimum atomic E-state index is 0.462. The number of aromatic nitrogens is 1. The predicted octanol–water partition coefficient (Wildman–Crippen LogP) is 2.19. The summed E-state index contributed by atoms with van der Waals surface area (Å²) in [4.78, 5) is 4.18. The summed E-state index contributed by atoms with van der Waals surface area (Å²) in [5.74, 6) is 0.856. The number of ether oxygens (including phenoxy) is 1. The number of pyridine rings is 1. The summed E-state index contributed by atoms with van der Waals surface area (Å²) in [5, 5.41) is 0. The Labute approximate surface area is 91.0 Å². The zero-order valence-electron chi connectivity index (χ0n) is 9.20. The van der Waals surface area contributed by atoms with Crippen LogP contribution >= 0.6 is 0 Å². The molecule has 1 heterocycles. The summed E-state index contributed by atoms with van der Waals surface area (Å²) < 4.78 is 5.64. The first-order valence-electron chi connectivity index (χ1n) is 5.17. The number of rotatable bonds is 6. The third kappa shape index (κ3) is 3.72. The monoisotopic (exact) mass is 206 g/mol. The second kappa shape index (κ2) is 6.19. The van der Waals surface area contributed by atoms with E-state index < -0.39 is 0 Å². The van der Waals surface area contributed by atoms with Crippen molar-refractivity contribution in [1.29, 1.82) is 0 Å². The smallest absolute Gasteiger partial charge is 0.127 e. The van der Waals surface area contributed by atoms with E-state index in [1.54, 1.807) is 6.20 Å². The van der Waals surface area contributed by atoms with Crippen molar-refractivity contribution in [3.63, 3.8) is 0 Å². The summed E-state index contributed by atoms with van der Waals surface area (Å²) in [6.07, 6.45) is 5.63. The Morgan fingerprint density at radius 1 is 1.60 bits per heavy atom. The van der Waals surface area contributed by atoms with Gasteiger partial charge in [0.25, 0.3) is 0 Å². The highest BCUT2D eigenvalue weighted by Gasteiger charge is 2.02. The molecule has 1 rings (SSSR count). The Kier molecular flexibility index (Phi) is 4.84. The maximum atomic E-state index is 5.64. The molecule has 0 radical (unpaired) electrons. The van der Waals surface area contributed by atoms with Gasteiger partial charge in [0.2, 0.25) is 0 Å². The number of allylic oxidation sites excluding steroid dienone is 1. The second-order valence-corrected chi connectivity index (χ2v) is 3.42. The maximum absolute atomic E-state index is 5.64. The molecule has 0 fully saturated rings. The summed E-state index contributed by atoms with van der Waals surface area (Å²) in [5.41, 5.74) is 7.50. The zero-order chi connectivity index (χ0) is 11.1. The predicted molar refractivity (Wildman–Crippen MR) is 61.8 cm³/mol. The molecule has 1 aromatic rings. The summed E-state index contributed by atoms with van der Waals surface area (Å²) >= 11 is 0. The van der Waals surface area contributed by atoms with Gasteiger partial charge in [-0.1, -0.05) is 6.08 Å². The fourth-order valence-corrected chi connectivity index (χ4v) is 1.26. The highest BCUT2D eigenvalue weighted by Crippen LogP contribution is 2.18. The molecule has 15 heavy (non-hydrogen) atoms. The van der Waals surface area contributed by atoms with E-state index in [1.807, 2.05) is 19.1 Å². The van der Waals surface area contributed by atoms with Gasteiger partial charge in [-0.25, -0.2) is 0 Å². The molecular weight excluding hydrogens is 188 g/mol. The van der Waals surface area contributed by atoms with Crippen molar-refractivity contribution in [2.24, 2.45) is 5.73 Å². The fraction of sp³-hybridized carbons (Fsp3) is 0.417. The molecule has 0 atom stereocenters. The second-order valence-electron chi connectivity index (χ2n) is 3.42. The first kappa shape index (κ1) is 11.7. The molecular formula is C12H18N2O. The molecule has 0 bridgehead atoms. The van der Waals surface area contributed by atoms with Gasteiger partial charge in [-0.2, -0.15) is 0 Å². The lowest BCUT2D eigenvalue weighted by Gasteiger charge is -2.10. The molecule has 0 aliphatic heterocycles. The topological polar surface area (TPSA) is 48.1 Å². The molecule has 0 unspecified atom stereocenters. The number of hydrogen-bond acceptors (Lipinski definition) is 3. The van der Waals surface area contributed by atoms with Gasteiger partial charge in [0.05, 0.1) is 6.61 Å². The lowest BCUT2D eigenvalue weighted by Crippen LogP contribution is -2.05. The summed E-state index contributed by atoms with van der Waals surface area (Å²) in [7, 11) is 0. The lowest BCUT2D eigenvalue weighted by molar-refractivity contribution is 0.308. The van der Waals surface area contributed by atoms with Crippen LogP contribution in [0.2, 0.25) is 0 Å². The third-order valence-electron chi connectivity index (χ3n) is 2.11. The maximum Gasteiger partial charge on any atom is 0.127 e. The van der Waals surface area contributed by atoms with Crippen LogP contribution in [0.25, 0.3) is 0 Å². The number of nitrogens with zero attached hydrogens (tertiary/aromatic N) is 1. The highest BCUT2D eigenvalue weighted by atomic mass is 16.5. The van der Waals surface area contributed by atoms with Crippen molar-refractivity contribution >= 4 is 0 Å². The van der Waals surface area contributed by atoms with Gasteiger partial charge in [-0.15, -0.1) is 6.58 Å². The molecule has 0 spiro atoms. The van der Waals surface area contributed by atoms with Gasteiger partial charge in [-0.3, -0.25) is 4.98 Å². The average Bonchev–Trinajstić information content (AvgIpc) is 2.25. The van der Waals surface area contributed by atoms with Crippen molar-refractivity contribution in [3.8, 4) is 5.75 Å². The van der Waals surface area contributed by atoms with Crippen molar-refractivity contribution in [2.75, 3.05) is 6.61 Å². The van der Waals surface area contributed by atoms with Crippen LogP contribution in [0, 0.1) is 6.92 Å². The summed E-state index contributed by atoms with van der Waals surface area (Å²) in [6, 6.07) is 1.93. The van der Waals surface area contributed by atoms with Crippen molar-refractivity contribution in [3.05, 3.63) is 36.2 Å². The van der Waals surface area contributed by atoms with Crippen LogP contribution in [0.1, 0.15) is 24.1 Å². The first-order valence-corrected chi connectivity index (χ1v) is 5.17. The Morgan fingerprint density at radius 3 is 3.07 bits per heavy atom. The highest BCUT2D eigenvalue weighted by molar-refractivity contribution is 5.32. The molecule has 82 valence electrons. The van der Waals surface area contributed by atoms with E-state index in [0.717, 1.165) is 29.8 Å². The number of aryl methyl sites for hydroxylation is 1. The van der Waals surface area contributed by atoms with Gasteiger partial charge < -0.3 is 10.5 Å². The molecule has 0 amide bonds. The third-order valence-corrected chi connectivity index (χ3v) is 2.11. The zero-order valence-corrected chi connectivity index (χ0v) is 9.20. The van der Waals surface area contributed by atoms with Crippen LogP contribution in [0.3, 0.4) is 0 Å². The summed E-state index contributed by atoms with van der Waals surface area (Å²) in [6.45, 7) is 6.77. The van der Waals surface area contributed by atoms with E-state index in [2.05, 4.69) is 11.6 Å². The average molecular weight is 206 g/mol. The van der Waals surface area contributed by atoms with Gasteiger partial charge >= 0.3 is 0 Å². The minimum Gasteiger partial charge on any atom is -0.493 e. The number of unbranched alkanes of at least 4 members (excludes halogenated alkanes) is 1. The number of hydrogen-bond donors (Lipinski definition) is 1. The van der Waals surface area contributed by atoms with Crippen LogP contribution in [-0.4, -0.2) is 11.6 Å². The molecule has 0 aliphatic carbocycles. The largest absolute Gasteiger partial charge is 0.493 e. The molecule has 3 heteroatoms. The van der Waals surface area contributed by atoms with Crippen LogP contribution in [0.15, 0.2) is 24.9 Å². The Balaban J connectivity index is 2.57. The van der Waals surface area contributed by atoms with Gasteiger partial charge in [0.1, 0.15) is 5.75 Å². The van der Waals surface area contributed by atoms with E-state index in [1.165, 1.54) is 0 Å². The van der Waals surface area contributed by atoms with E-state index >= 15 is 0 Å². The van der Waals surface area contributed by atoms with E-state index in [0.29, 0.717) is 13.2 Å². The van der Waals surface area contributed by atoms with Gasteiger partial charge in [0, 0.05) is 30.1 Å². The fourth-order valence-electron chi connectivity index (χ4n) is 1.26. The van der Waals surface area contributed by atoms with Gasteiger partial charge in [0.15, 0.2) is 0 Å². The Bertz CT molecular complexity index is 323. The van der Waals surface area contributed by atoms with Gasteiger partial charge in [-0.05, 0) is 19.8 Å². The molecule has 3 nitrogen and oxygen atoms in total. The SMILES string of the molecule is C=CCCCOc1cc(C)ncc1CN. The van der Waals surface area contributed by atoms with Crippen molar-refractivity contribution in [1.82, 2.24) is 4.98 Å². The molecule has 0 saturated carbocycles. The molecule has 0 saturated heterocycles. The van der Waals surface area contributed by atoms with Crippen LogP contribution in [0.4, 0.5) is 0 Å². The normalized spacial score (nSPS) is 10.0. The van der Waals surface area contributed by atoms with E-state index in [9.17, 15) is 0 Å². The van der Waals surface area contributed by atoms with Crippen LogP contribution in [0.5, 0.6) is 5.75 Å². The molecule has 0 aromatic carbocycles.